The van der Waals surface area contributed by atoms with E-state index in [1.165, 1.54) is 11.1 Å². The van der Waals surface area contributed by atoms with Crippen molar-refractivity contribution in [3.63, 3.8) is 0 Å². The number of benzene rings is 2. The van der Waals surface area contributed by atoms with E-state index in [0.29, 0.717) is 26.3 Å². The molecule has 0 N–H and O–H groups in total. The van der Waals surface area contributed by atoms with Crippen LogP contribution in [0.3, 0.4) is 0 Å². The molecule has 1 fully saturated rings. The highest BCUT2D eigenvalue weighted by molar-refractivity contribution is 5.81. The average Bonchev–Trinajstić information content (AvgIpc) is 3.22. The molecule has 1 aliphatic heterocycles. The molecule has 1 atom stereocenters. The maximum absolute atomic E-state index is 13.2. The molecular formula is C31H39N3O3. The Bertz CT molecular complexity index is 1130. The summed E-state index contributed by atoms with van der Waals surface area (Å²) in [5.74, 6) is 1.02. The summed E-state index contributed by atoms with van der Waals surface area (Å²) in [5, 5.41) is 0. The number of aromatic nitrogens is 1. The van der Waals surface area contributed by atoms with E-state index in [0.717, 1.165) is 36.3 Å². The highest BCUT2D eigenvalue weighted by atomic mass is 16.5. The molecule has 1 saturated heterocycles. The summed E-state index contributed by atoms with van der Waals surface area (Å²) < 4.78 is 11.2. The zero-order valence-corrected chi connectivity index (χ0v) is 22.5. The number of ether oxygens (including phenoxy) is 2. The van der Waals surface area contributed by atoms with E-state index in [1.807, 2.05) is 35.4 Å². The molecule has 2 aromatic carbocycles. The number of hydrogen-bond donors (Lipinski definition) is 0. The van der Waals surface area contributed by atoms with Crippen LogP contribution in [0, 0.1) is 0 Å². The predicted octanol–water partition coefficient (Wildman–Crippen LogP) is 5.38. The van der Waals surface area contributed by atoms with Crippen molar-refractivity contribution in [1.29, 1.82) is 0 Å². The molecule has 1 unspecified atom stereocenters. The zero-order valence-electron chi connectivity index (χ0n) is 22.5. The fourth-order valence-electron chi connectivity index (χ4n) is 4.76. The molecule has 37 heavy (non-hydrogen) atoms. The molecule has 0 radical (unpaired) electrons. The second-order valence-corrected chi connectivity index (χ2v) is 10.7. The van der Waals surface area contributed by atoms with E-state index in [1.54, 1.807) is 13.3 Å². The SMILES string of the molecule is COc1ccc(CCN2C(=O)CN(CCCOCc3cccnc3)C2c2ccc(C(C)(C)C)cc2)cc1. The predicted molar refractivity (Wildman–Crippen MR) is 146 cm³/mol. The topological polar surface area (TPSA) is 54.9 Å². The minimum Gasteiger partial charge on any atom is -0.497 e. The fraction of sp³-hybridized carbons (Fsp3) is 0.419. The molecule has 6 nitrogen and oxygen atoms in total. The summed E-state index contributed by atoms with van der Waals surface area (Å²) in [6.45, 7) is 9.76. The third-order valence-electron chi connectivity index (χ3n) is 6.90. The molecule has 0 bridgehead atoms. The number of amides is 1. The molecule has 1 aliphatic rings. The Kier molecular flexibility index (Phi) is 8.95. The summed E-state index contributed by atoms with van der Waals surface area (Å²) >= 11 is 0. The third kappa shape index (κ3) is 7.18. The molecule has 0 aliphatic carbocycles. The highest BCUT2D eigenvalue weighted by Gasteiger charge is 2.38. The molecule has 4 rings (SSSR count). The summed E-state index contributed by atoms with van der Waals surface area (Å²) in [6, 6.07) is 20.8. The van der Waals surface area contributed by atoms with Crippen molar-refractivity contribution in [2.75, 3.05) is 33.4 Å². The lowest BCUT2D eigenvalue weighted by atomic mass is 9.86. The number of carbonyl (C=O) groups excluding carboxylic acids is 1. The van der Waals surface area contributed by atoms with E-state index >= 15 is 0 Å². The molecule has 2 heterocycles. The van der Waals surface area contributed by atoms with Gasteiger partial charge in [0.2, 0.25) is 5.91 Å². The number of rotatable bonds is 11. The average molecular weight is 502 g/mol. The van der Waals surface area contributed by atoms with E-state index < -0.39 is 0 Å². The van der Waals surface area contributed by atoms with E-state index in [4.69, 9.17) is 9.47 Å². The second kappa shape index (κ2) is 12.3. The minimum absolute atomic E-state index is 0.0712. The van der Waals surface area contributed by atoms with Gasteiger partial charge in [-0.05, 0) is 58.7 Å². The monoisotopic (exact) mass is 501 g/mol. The van der Waals surface area contributed by atoms with Crippen LogP contribution in [0.2, 0.25) is 0 Å². The Morgan fingerprint density at radius 3 is 2.38 bits per heavy atom. The maximum atomic E-state index is 13.2. The van der Waals surface area contributed by atoms with Crippen LogP contribution in [0.5, 0.6) is 5.75 Å². The van der Waals surface area contributed by atoms with Gasteiger partial charge in [-0.1, -0.05) is 63.2 Å². The summed E-state index contributed by atoms with van der Waals surface area (Å²) in [4.78, 5) is 21.7. The lowest BCUT2D eigenvalue weighted by Gasteiger charge is -2.31. The van der Waals surface area contributed by atoms with Gasteiger partial charge in [-0.3, -0.25) is 14.7 Å². The van der Waals surface area contributed by atoms with Crippen molar-refractivity contribution in [2.45, 2.75) is 51.8 Å². The van der Waals surface area contributed by atoms with Crippen molar-refractivity contribution >= 4 is 5.91 Å². The van der Waals surface area contributed by atoms with Crippen LogP contribution >= 0.6 is 0 Å². The molecule has 0 saturated carbocycles. The Morgan fingerprint density at radius 1 is 0.973 bits per heavy atom. The summed E-state index contributed by atoms with van der Waals surface area (Å²) in [6.07, 6.45) is 5.18. The van der Waals surface area contributed by atoms with Gasteiger partial charge in [0.25, 0.3) is 0 Å². The molecule has 3 aromatic rings. The second-order valence-electron chi connectivity index (χ2n) is 10.7. The third-order valence-corrected chi connectivity index (χ3v) is 6.90. The van der Waals surface area contributed by atoms with Gasteiger partial charge >= 0.3 is 0 Å². The largest absolute Gasteiger partial charge is 0.497 e. The zero-order chi connectivity index (χ0) is 26.3. The molecule has 6 heteroatoms. The van der Waals surface area contributed by atoms with Crippen molar-refractivity contribution in [3.8, 4) is 5.75 Å². The molecule has 1 aromatic heterocycles. The Balaban J connectivity index is 1.43. The van der Waals surface area contributed by atoms with Gasteiger partial charge in [0.15, 0.2) is 0 Å². The molecule has 196 valence electrons. The summed E-state index contributed by atoms with van der Waals surface area (Å²) in [7, 11) is 1.67. The Hall–Kier alpha value is -3.22. The summed E-state index contributed by atoms with van der Waals surface area (Å²) in [5.41, 5.74) is 4.80. The quantitative estimate of drug-likeness (QED) is 0.330. The minimum atomic E-state index is -0.0712. The van der Waals surface area contributed by atoms with E-state index in [9.17, 15) is 4.79 Å². The number of methoxy groups -OCH3 is 1. The maximum Gasteiger partial charge on any atom is 0.238 e. The fourth-order valence-corrected chi connectivity index (χ4v) is 4.76. The lowest BCUT2D eigenvalue weighted by molar-refractivity contribution is -0.128. The van der Waals surface area contributed by atoms with Gasteiger partial charge in [0.05, 0.1) is 20.3 Å². The number of carbonyl (C=O) groups is 1. The van der Waals surface area contributed by atoms with Crippen molar-refractivity contribution in [2.24, 2.45) is 0 Å². The smallest absolute Gasteiger partial charge is 0.238 e. The van der Waals surface area contributed by atoms with Gasteiger partial charge < -0.3 is 14.4 Å². The molecular weight excluding hydrogens is 462 g/mol. The Labute approximate surface area is 221 Å². The van der Waals surface area contributed by atoms with E-state index in [-0.39, 0.29) is 17.5 Å². The number of hydrogen-bond acceptors (Lipinski definition) is 5. The first-order chi connectivity index (χ1) is 17.8. The van der Waals surface area contributed by atoms with E-state index in [2.05, 4.69) is 67.1 Å². The van der Waals surface area contributed by atoms with Crippen LogP contribution < -0.4 is 4.74 Å². The van der Waals surface area contributed by atoms with Crippen LogP contribution in [0.15, 0.2) is 73.1 Å². The van der Waals surface area contributed by atoms with Crippen LogP contribution in [0.4, 0.5) is 0 Å². The van der Waals surface area contributed by atoms with Crippen LogP contribution in [-0.2, 0) is 28.0 Å². The first-order valence-electron chi connectivity index (χ1n) is 13.1. The highest BCUT2D eigenvalue weighted by Crippen LogP contribution is 2.33. The lowest BCUT2D eigenvalue weighted by Crippen LogP contribution is -2.34. The Morgan fingerprint density at radius 2 is 1.73 bits per heavy atom. The molecule has 1 amide bonds. The van der Waals surface area contributed by atoms with Crippen molar-refractivity contribution in [1.82, 2.24) is 14.8 Å². The van der Waals surface area contributed by atoms with Gasteiger partial charge in [-0.25, -0.2) is 0 Å². The normalized spacial score (nSPS) is 16.4. The van der Waals surface area contributed by atoms with Crippen molar-refractivity contribution in [3.05, 3.63) is 95.3 Å². The van der Waals surface area contributed by atoms with Gasteiger partial charge in [-0.2, -0.15) is 0 Å². The first-order valence-corrected chi connectivity index (χ1v) is 13.1. The van der Waals surface area contributed by atoms with Crippen molar-refractivity contribution < 1.29 is 14.3 Å². The standard InChI is InChI=1S/C31H39N3O3/c1-31(2,3)27-12-10-26(11-13-27)30-33(18-6-20-37-23-25-7-5-17-32-21-25)22-29(35)34(30)19-16-24-8-14-28(36-4)15-9-24/h5,7-15,17,21,30H,6,16,18-20,22-23H2,1-4H3. The van der Waals surface area contributed by atoms with Crippen LogP contribution in [0.25, 0.3) is 0 Å². The van der Waals surface area contributed by atoms with Gasteiger partial charge in [0.1, 0.15) is 11.9 Å². The van der Waals surface area contributed by atoms with Crippen LogP contribution in [0.1, 0.15) is 55.6 Å². The molecule has 0 spiro atoms. The number of nitrogens with zero attached hydrogens (tertiary/aromatic N) is 3. The van der Waals surface area contributed by atoms with Crippen LogP contribution in [-0.4, -0.2) is 54.0 Å². The van der Waals surface area contributed by atoms with Gasteiger partial charge in [0, 0.05) is 32.1 Å². The number of pyridine rings is 1. The van der Waals surface area contributed by atoms with Gasteiger partial charge in [-0.15, -0.1) is 0 Å². The first kappa shape index (κ1) is 26.8.